The van der Waals surface area contributed by atoms with Crippen molar-refractivity contribution in [2.75, 3.05) is 25.4 Å². The lowest BCUT2D eigenvalue weighted by molar-refractivity contribution is -0.126. The van der Waals surface area contributed by atoms with Crippen LogP contribution in [0.25, 0.3) is 0 Å². The third-order valence-electron chi connectivity index (χ3n) is 5.08. The zero-order valence-corrected chi connectivity index (χ0v) is 18.5. The maximum Gasteiger partial charge on any atom is 0.224 e. The third-order valence-corrected chi connectivity index (χ3v) is 6.79. The Kier molecular flexibility index (Phi) is 8.67. The molecule has 7 heteroatoms. The van der Waals surface area contributed by atoms with E-state index in [4.69, 9.17) is 23.2 Å². The largest absolute Gasteiger partial charge is 0.355 e. The first-order valence-corrected chi connectivity index (χ1v) is 11.7. The van der Waals surface area contributed by atoms with Crippen LogP contribution in [0.4, 0.5) is 4.39 Å². The Morgan fingerprint density at radius 2 is 1.97 bits per heavy atom. The van der Waals surface area contributed by atoms with Gasteiger partial charge in [-0.2, -0.15) is 11.8 Å². The van der Waals surface area contributed by atoms with Crippen molar-refractivity contribution in [1.82, 2.24) is 10.2 Å². The predicted molar refractivity (Wildman–Crippen MR) is 120 cm³/mol. The number of rotatable bonds is 8. The number of nitrogens with zero attached hydrogens (tertiary/aromatic N) is 1. The molecule has 156 valence electrons. The van der Waals surface area contributed by atoms with Crippen LogP contribution in [0.3, 0.4) is 0 Å². The van der Waals surface area contributed by atoms with Crippen LogP contribution >= 0.6 is 35.0 Å². The van der Waals surface area contributed by atoms with E-state index in [0.29, 0.717) is 28.6 Å². The number of hydrogen-bond acceptors (Lipinski definition) is 3. The van der Waals surface area contributed by atoms with Crippen LogP contribution in [-0.4, -0.2) is 36.2 Å². The van der Waals surface area contributed by atoms with E-state index in [2.05, 4.69) is 10.2 Å². The topological polar surface area (TPSA) is 32.3 Å². The Bertz CT molecular complexity index is 816. The molecule has 3 rings (SSSR count). The molecular weight excluding hydrogens is 430 g/mol. The second kappa shape index (κ2) is 11.2. The van der Waals surface area contributed by atoms with Crippen molar-refractivity contribution >= 4 is 40.9 Å². The van der Waals surface area contributed by atoms with Crippen LogP contribution in [0.5, 0.6) is 0 Å². The summed E-state index contributed by atoms with van der Waals surface area (Å²) in [6.45, 7) is 3.06. The Morgan fingerprint density at radius 3 is 2.76 bits per heavy atom. The number of benzene rings is 2. The highest BCUT2D eigenvalue weighted by Crippen LogP contribution is 2.24. The number of piperidine rings is 1. The van der Waals surface area contributed by atoms with Crippen LogP contribution in [0, 0.1) is 11.7 Å². The zero-order valence-electron chi connectivity index (χ0n) is 16.2. The first-order chi connectivity index (χ1) is 14.0. The molecule has 1 amide bonds. The van der Waals surface area contributed by atoms with Crippen LogP contribution in [-0.2, 0) is 17.1 Å². The van der Waals surface area contributed by atoms with E-state index in [1.165, 1.54) is 6.07 Å². The minimum Gasteiger partial charge on any atom is -0.355 e. The lowest BCUT2D eigenvalue weighted by Crippen LogP contribution is -2.43. The molecular formula is C22H25Cl2FN2OS. The fourth-order valence-corrected chi connectivity index (χ4v) is 4.91. The molecule has 0 spiro atoms. The molecule has 1 aliphatic rings. The lowest BCUT2D eigenvalue weighted by atomic mass is 9.96. The number of carbonyl (C=O) groups excluding carboxylic acids is 1. The number of carbonyl (C=O) groups is 1. The van der Waals surface area contributed by atoms with Crippen molar-refractivity contribution in [3.05, 3.63) is 69.5 Å². The highest BCUT2D eigenvalue weighted by molar-refractivity contribution is 7.98. The number of thioether (sulfide) groups is 1. The zero-order chi connectivity index (χ0) is 20.6. The molecule has 29 heavy (non-hydrogen) atoms. The predicted octanol–water partition coefficient (Wildman–Crippen LogP) is 5.39. The molecule has 1 aliphatic heterocycles. The molecule has 1 N–H and O–H groups in total. The van der Waals surface area contributed by atoms with E-state index in [9.17, 15) is 9.18 Å². The summed E-state index contributed by atoms with van der Waals surface area (Å²) < 4.78 is 13.8. The van der Waals surface area contributed by atoms with Gasteiger partial charge in [-0.1, -0.05) is 47.5 Å². The van der Waals surface area contributed by atoms with Crippen molar-refractivity contribution in [2.24, 2.45) is 5.92 Å². The molecule has 1 heterocycles. The molecule has 1 unspecified atom stereocenters. The maximum absolute atomic E-state index is 13.8. The van der Waals surface area contributed by atoms with Gasteiger partial charge in [0.05, 0.1) is 5.92 Å². The average Bonchev–Trinajstić information content (AvgIpc) is 2.71. The molecule has 0 radical (unpaired) electrons. The van der Waals surface area contributed by atoms with Crippen molar-refractivity contribution < 1.29 is 9.18 Å². The van der Waals surface area contributed by atoms with Crippen molar-refractivity contribution in [1.29, 1.82) is 0 Å². The summed E-state index contributed by atoms with van der Waals surface area (Å²) in [5.74, 6) is 1.02. The Hall–Kier alpha value is -1.27. The summed E-state index contributed by atoms with van der Waals surface area (Å²) in [6.07, 6.45) is 1.91. The Morgan fingerprint density at radius 1 is 1.17 bits per heavy atom. The molecule has 1 saturated heterocycles. The molecule has 1 fully saturated rings. The smallest absolute Gasteiger partial charge is 0.224 e. The highest BCUT2D eigenvalue weighted by atomic mass is 35.5. The van der Waals surface area contributed by atoms with E-state index in [-0.39, 0.29) is 17.6 Å². The summed E-state index contributed by atoms with van der Waals surface area (Å²) in [7, 11) is 0. The lowest BCUT2D eigenvalue weighted by Gasteiger charge is -2.32. The standard InChI is InChI=1S/C22H25Cl2FN2OS/c23-19-7-2-1-5-16(19)13-27-11-4-6-17(14-27)22(28)26-10-12-29-15-18-20(24)8-3-9-21(18)25/h1-3,5,7-9,17H,4,6,10-15H2,(H,26,28). The monoisotopic (exact) mass is 454 g/mol. The Labute approximate surface area is 185 Å². The first kappa shape index (κ1) is 22.4. The second-order valence-electron chi connectivity index (χ2n) is 7.21. The Balaban J connectivity index is 1.39. The second-order valence-corrected chi connectivity index (χ2v) is 9.13. The van der Waals surface area contributed by atoms with E-state index < -0.39 is 0 Å². The SMILES string of the molecule is O=C(NCCSCc1c(F)cccc1Cl)C1CCCN(Cc2ccccc2Cl)C1. The number of hydrogen-bond donors (Lipinski definition) is 1. The average molecular weight is 455 g/mol. The molecule has 0 aromatic heterocycles. The van der Waals surface area contributed by atoms with Gasteiger partial charge < -0.3 is 5.32 Å². The number of nitrogens with one attached hydrogen (secondary N) is 1. The van der Waals surface area contributed by atoms with E-state index in [1.807, 2.05) is 24.3 Å². The fraction of sp³-hybridized carbons (Fsp3) is 0.409. The fourth-order valence-electron chi connectivity index (χ4n) is 3.52. The van der Waals surface area contributed by atoms with Gasteiger partial charge in [-0.25, -0.2) is 4.39 Å². The molecule has 2 aromatic rings. The minimum atomic E-state index is -0.283. The normalized spacial score (nSPS) is 17.3. The van der Waals surface area contributed by atoms with Crippen LogP contribution in [0.15, 0.2) is 42.5 Å². The van der Waals surface area contributed by atoms with Crippen molar-refractivity contribution in [3.8, 4) is 0 Å². The van der Waals surface area contributed by atoms with Crippen molar-refractivity contribution in [2.45, 2.75) is 25.1 Å². The van der Waals surface area contributed by atoms with Crippen molar-refractivity contribution in [3.63, 3.8) is 0 Å². The molecule has 0 aliphatic carbocycles. The molecule has 1 atom stereocenters. The van der Waals surface area contributed by atoms with Gasteiger partial charge in [0.1, 0.15) is 5.82 Å². The summed E-state index contributed by atoms with van der Waals surface area (Å²) in [6, 6.07) is 12.6. The number of amides is 1. The van der Waals surface area contributed by atoms with Gasteiger partial charge in [-0.15, -0.1) is 0 Å². The van der Waals surface area contributed by atoms with E-state index >= 15 is 0 Å². The summed E-state index contributed by atoms with van der Waals surface area (Å²) in [5.41, 5.74) is 1.62. The van der Waals surface area contributed by atoms with E-state index in [1.54, 1.807) is 23.9 Å². The molecule has 0 saturated carbocycles. The van der Waals surface area contributed by atoms with E-state index in [0.717, 1.165) is 43.1 Å². The molecule has 2 aromatic carbocycles. The quantitative estimate of drug-likeness (QED) is 0.542. The van der Waals surface area contributed by atoms with Gasteiger partial charge in [0.25, 0.3) is 0 Å². The molecule has 3 nitrogen and oxygen atoms in total. The van der Waals surface area contributed by atoms with Gasteiger partial charge in [-0.05, 0) is 43.1 Å². The number of halogens is 3. The van der Waals surface area contributed by atoms with Crippen LogP contribution in [0.2, 0.25) is 10.0 Å². The third kappa shape index (κ3) is 6.61. The van der Waals surface area contributed by atoms with Gasteiger partial charge in [0, 0.05) is 46.7 Å². The van der Waals surface area contributed by atoms with Gasteiger partial charge in [0.15, 0.2) is 0 Å². The van der Waals surface area contributed by atoms with Crippen LogP contribution in [0.1, 0.15) is 24.0 Å². The highest BCUT2D eigenvalue weighted by Gasteiger charge is 2.25. The summed E-state index contributed by atoms with van der Waals surface area (Å²) >= 11 is 13.9. The minimum absolute atomic E-state index is 0.00255. The maximum atomic E-state index is 13.8. The summed E-state index contributed by atoms with van der Waals surface area (Å²) in [4.78, 5) is 14.8. The van der Waals surface area contributed by atoms with Gasteiger partial charge >= 0.3 is 0 Å². The first-order valence-electron chi connectivity index (χ1n) is 9.78. The number of likely N-dealkylation sites (tertiary alicyclic amines) is 1. The van der Waals surface area contributed by atoms with Crippen LogP contribution < -0.4 is 5.32 Å². The van der Waals surface area contributed by atoms with Gasteiger partial charge in [0.2, 0.25) is 5.91 Å². The molecule has 0 bridgehead atoms. The summed E-state index contributed by atoms with van der Waals surface area (Å²) in [5, 5.41) is 4.24. The van der Waals surface area contributed by atoms with Gasteiger partial charge in [-0.3, -0.25) is 9.69 Å².